The van der Waals surface area contributed by atoms with Crippen LogP contribution in [-0.2, 0) is 0 Å². The van der Waals surface area contributed by atoms with E-state index in [0.717, 1.165) is 72.3 Å². The average Bonchev–Trinajstić information content (AvgIpc) is 3.83. The number of amidine groups is 2. The summed E-state index contributed by atoms with van der Waals surface area (Å²) in [6.07, 6.45) is -0.298. The topological polar surface area (TPSA) is 54.8 Å². The van der Waals surface area contributed by atoms with Crippen molar-refractivity contribution in [3.05, 3.63) is 211 Å². The molecule has 8 aromatic carbocycles. The molecule has 264 valence electrons. The van der Waals surface area contributed by atoms with E-state index in [4.69, 9.17) is 14.4 Å². The first-order valence-electron chi connectivity index (χ1n) is 18.9. The number of benzene rings is 8. The fourth-order valence-corrected chi connectivity index (χ4v) is 8.21. The summed E-state index contributed by atoms with van der Waals surface area (Å²) in [7, 11) is 0. The first-order chi connectivity index (χ1) is 27.8. The SMILES string of the molecule is c1ccc(C2=NC(c3ccc(-c4cccc5oc6c(-n7c8ccccc8c8ccc(-c9ccccc9)cc87)cccc6c45)cc3)NC(c3ccccc3)=N2)cc1. The molecule has 5 nitrogen and oxygen atoms in total. The highest BCUT2D eigenvalue weighted by molar-refractivity contribution is 6.16. The van der Waals surface area contributed by atoms with E-state index < -0.39 is 0 Å². The van der Waals surface area contributed by atoms with Gasteiger partial charge in [-0.1, -0.05) is 170 Å². The largest absolute Gasteiger partial charge is 0.454 e. The van der Waals surface area contributed by atoms with Crippen LogP contribution in [0.2, 0.25) is 0 Å². The van der Waals surface area contributed by atoms with Gasteiger partial charge in [-0.25, -0.2) is 9.98 Å². The van der Waals surface area contributed by atoms with E-state index in [0.29, 0.717) is 5.84 Å². The minimum Gasteiger partial charge on any atom is -0.454 e. The van der Waals surface area contributed by atoms with Gasteiger partial charge in [0.2, 0.25) is 0 Å². The molecule has 1 aliphatic heterocycles. The van der Waals surface area contributed by atoms with Gasteiger partial charge in [-0.2, -0.15) is 0 Å². The highest BCUT2D eigenvalue weighted by Gasteiger charge is 2.23. The molecule has 0 spiro atoms. The lowest BCUT2D eigenvalue weighted by molar-refractivity contribution is 0.666. The van der Waals surface area contributed by atoms with Gasteiger partial charge in [-0.3, -0.25) is 0 Å². The number of fused-ring (bicyclic) bond motifs is 6. The van der Waals surface area contributed by atoms with Crippen molar-refractivity contribution in [2.45, 2.75) is 6.17 Å². The smallest absolute Gasteiger partial charge is 0.159 e. The molecule has 1 aliphatic rings. The van der Waals surface area contributed by atoms with Gasteiger partial charge < -0.3 is 14.3 Å². The first-order valence-corrected chi connectivity index (χ1v) is 18.9. The molecule has 10 aromatic rings. The van der Waals surface area contributed by atoms with Gasteiger partial charge in [-0.05, 0) is 52.1 Å². The van der Waals surface area contributed by atoms with Crippen LogP contribution < -0.4 is 5.32 Å². The van der Waals surface area contributed by atoms with Crippen molar-refractivity contribution in [2.75, 3.05) is 0 Å². The van der Waals surface area contributed by atoms with Gasteiger partial charge in [0.15, 0.2) is 11.4 Å². The number of furan rings is 1. The van der Waals surface area contributed by atoms with Crippen LogP contribution in [0.1, 0.15) is 22.9 Å². The third-order valence-corrected chi connectivity index (χ3v) is 10.9. The molecule has 1 N–H and O–H groups in total. The summed E-state index contributed by atoms with van der Waals surface area (Å²) in [5.41, 5.74) is 12.7. The number of para-hydroxylation sites is 2. The normalized spacial score (nSPS) is 14.2. The van der Waals surface area contributed by atoms with E-state index in [1.165, 1.54) is 21.9 Å². The molecular formula is C51H34N4O. The molecule has 0 saturated heterocycles. The second kappa shape index (κ2) is 13.1. The number of rotatable bonds is 6. The van der Waals surface area contributed by atoms with E-state index in [9.17, 15) is 0 Å². The van der Waals surface area contributed by atoms with Crippen LogP contribution in [-0.4, -0.2) is 16.2 Å². The van der Waals surface area contributed by atoms with Crippen LogP contribution in [0.3, 0.4) is 0 Å². The second-order valence-corrected chi connectivity index (χ2v) is 14.2. The summed E-state index contributed by atoms with van der Waals surface area (Å²) < 4.78 is 9.21. The molecule has 0 fully saturated rings. The molecule has 1 atom stereocenters. The van der Waals surface area contributed by atoms with Gasteiger partial charge >= 0.3 is 0 Å². The van der Waals surface area contributed by atoms with Crippen molar-refractivity contribution in [1.29, 1.82) is 0 Å². The maximum Gasteiger partial charge on any atom is 0.159 e. The molecule has 0 radical (unpaired) electrons. The second-order valence-electron chi connectivity index (χ2n) is 14.2. The van der Waals surface area contributed by atoms with Gasteiger partial charge in [0, 0.05) is 32.7 Å². The predicted molar refractivity (Wildman–Crippen MR) is 231 cm³/mol. The van der Waals surface area contributed by atoms with E-state index in [2.05, 4.69) is 168 Å². The fourth-order valence-electron chi connectivity index (χ4n) is 8.21. The third kappa shape index (κ3) is 5.32. The van der Waals surface area contributed by atoms with Crippen molar-refractivity contribution >= 4 is 55.4 Å². The van der Waals surface area contributed by atoms with Gasteiger partial charge in [0.05, 0.1) is 16.7 Å². The van der Waals surface area contributed by atoms with Crippen LogP contribution in [0.15, 0.2) is 209 Å². The Labute approximate surface area is 323 Å². The van der Waals surface area contributed by atoms with E-state index in [1.807, 2.05) is 36.4 Å². The van der Waals surface area contributed by atoms with Crippen molar-refractivity contribution < 1.29 is 4.42 Å². The van der Waals surface area contributed by atoms with Crippen molar-refractivity contribution in [2.24, 2.45) is 9.98 Å². The Morgan fingerprint density at radius 3 is 1.91 bits per heavy atom. The molecule has 56 heavy (non-hydrogen) atoms. The number of aromatic nitrogens is 1. The maximum absolute atomic E-state index is 6.85. The number of aliphatic imine (C=N–C) groups is 2. The number of hydrogen-bond donors (Lipinski definition) is 1. The molecule has 1 unspecified atom stereocenters. The van der Waals surface area contributed by atoms with Gasteiger partial charge in [-0.15, -0.1) is 0 Å². The quantitative estimate of drug-likeness (QED) is 0.186. The lowest BCUT2D eigenvalue weighted by Gasteiger charge is -2.24. The third-order valence-electron chi connectivity index (χ3n) is 10.9. The van der Waals surface area contributed by atoms with Crippen molar-refractivity contribution in [1.82, 2.24) is 9.88 Å². The Morgan fingerprint density at radius 1 is 0.482 bits per heavy atom. The van der Waals surface area contributed by atoms with Crippen LogP contribution in [0.25, 0.3) is 71.7 Å². The highest BCUT2D eigenvalue weighted by atomic mass is 16.3. The lowest BCUT2D eigenvalue weighted by atomic mass is 9.97. The maximum atomic E-state index is 6.85. The zero-order valence-corrected chi connectivity index (χ0v) is 30.3. The monoisotopic (exact) mass is 718 g/mol. The minimum absolute atomic E-state index is 0.298. The molecule has 0 saturated carbocycles. The summed E-state index contributed by atoms with van der Waals surface area (Å²) in [6.45, 7) is 0. The zero-order valence-electron chi connectivity index (χ0n) is 30.3. The molecular weight excluding hydrogens is 685 g/mol. The lowest BCUT2D eigenvalue weighted by Crippen LogP contribution is -2.33. The van der Waals surface area contributed by atoms with E-state index >= 15 is 0 Å². The number of nitrogens with one attached hydrogen (secondary N) is 1. The van der Waals surface area contributed by atoms with Crippen molar-refractivity contribution in [3.8, 4) is 27.9 Å². The predicted octanol–water partition coefficient (Wildman–Crippen LogP) is 12.5. The Bertz CT molecular complexity index is 3140. The summed E-state index contributed by atoms with van der Waals surface area (Å²) in [5, 5.41) is 8.20. The van der Waals surface area contributed by atoms with Crippen LogP contribution >= 0.6 is 0 Å². The first kappa shape index (κ1) is 32.0. The average molecular weight is 719 g/mol. The summed E-state index contributed by atoms with van der Waals surface area (Å²) in [6, 6.07) is 68.0. The summed E-state index contributed by atoms with van der Waals surface area (Å²) in [4.78, 5) is 10.0. The zero-order chi connectivity index (χ0) is 37.0. The Morgan fingerprint density at radius 2 is 1.12 bits per heavy atom. The van der Waals surface area contributed by atoms with Gasteiger partial charge in [0.25, 0.3) is 0 Å². The minimum atomic E-state index is -0.298. The number of hydrogen-bond acceptors (Lipinski definition) is 4. The molecule has 2 aromatic heterocycles. The fraction of sp³-hybridized carbons (Fsp3) is 0.0196. The highest BCUT2D eigenvalue weighted by Crippen LogP contribution is 2.42. The molecule has 5 heteroatoms. The standard InChI is InChI=1S/C51H34N4O/c1-4-14-33(15-5-1)38-30-31-41-40-20-10-11-23-43(40)55(45(41)32-38)44-24-12-22-42-47-39(21-13-25-46(47)56-48(42)44)34-26-28-37(29-27-34)51-53-49(35-16-6-2-7-17-35)52-50(54-51)36-18-8-3-9-19-36/h1-32,51H,(H,52,53,54). The van der Waals surface area contributed by atoms with Crippen LogP contribution in [0.4, 0.5) is 0 Å². The Balaban J connectivity index is 1.02. The Kier molecular flexibility index (Phi) is 7.49. The molecule has 0 aliphatic carbocycles. The molecule has 3 heterocycles. The van der Waals surface area contributed by atoms with Crippen LogP contribution in [0, 0.1) is 0 Å². The molecule has 0 amide bonds. The molecule has 11 rings (SSSR count). The number of nitrogens with zero attached hydrogens (tertiary/aromatic N) is 3. The van der Waals surface area contributed by atoms with Crippen molar-refractivity contribution in [3.63, 3.8) is 0 Å². The summed E-state index contributed by atoms with van der Waals surface area (Å²) >= 11 is 0. The van der Waals surface area contributed by atoms with Crippen LogP contribution in [0.5, 0.6) is 0 Å². The molecule has 0 bridgehead atoms. The van der Waals surface area contributed by atoms with E-state index in [1.54, 1.807) is 0 Å². The van der Waals surface area contributed by atoms with E-state index in [-0.39, 0.29) is 6.17 Å². The van der Waals surface area contributed by atoms with Gasteiger partial charge in [0.1, 0.15) is 17.6 Å². The summed E-state index contributed by atoms with van der Waals surface area (Å²) in [5.74, 6) is 1.51. The Hall–Kier alpha value is -7.50.